The maximum Gasteiger partial charge on any atom is 0.0163 e. The van der Waals surface area contributed by atoms with Crippen molar-refractivity contribution < 1.29 is 0 Å². The van der Waals surface area contributed by atoms with Crippen molar-refractivity contribution in [3.05, 3.63) is 12.2 Å². The highest BCUT2D eigenvalue weighted by molar-refractivity contribution is 4.99. The summed E-state index contributed by atoms with van der Waals surface area (Å²) in [5.41, 5.74) is 0. The van der Waals surface area contributed by atoms with Crippen LogP contribution in [0.4, 0.5) is 0 Å². The van der Waals surface area contributed by atoms with E-state index in [1.807, 2.05) is 0 Å². The average Bonchev–Trinajstić information content (AvgIpc) is 2.59. The summed E-state index contributed by atoms with van der Waals surface area (Å²) in [6.45, 7) is 6.12. The smallest absolute Gasteiger partial charge is 0.0163 e. The monoisotopic (exact) mass is 194 g/mol. The van der Waals surface area contributed by atoms with Crippen molar-refractivity contribution in [3.8, 4) is 0 Å². The molecule has 0 aromatic heterocycles. The van der Waals surface area contributed by atoms with Crippen molar-refractivity contribution in [2.75, 3.05) is 26.7 Å². The van der Waals surface area contributed by atoms with Crippen molar-refractivity contribution in [1.29, 1.82) is 0 Å². The molecule has 0 aromatic rings. The molecule has 2 aliphatic rings. The third kappa shape index (κ3) is 2.18. The number of fused-ring (bicyclic) bond motifs is 1. The fourth-order valence-corrected chi connectivity index (χ4v) is 2.74. The molecule has 80 valence electrons. The molecule has 0 bridgehead atoms. The second-order valence-electron chi connectivity index (χ2n) is 4.87. The molecule has 0 amide bonds. The second kappa shape index (κ2) is 4.45. The lowest BCUT2D eigenvalue weighted by Gasteiger charge is -2.20. The largest absolute Gasteiger partial charge is 0.316 e. The Morgan fingerprint density at radius 1 is 1.29 bits per heavy atom. The Morgan fingerprint density at radius 3 is 2.36 bits per heavy atom. The minimum Gasteiger partial charge on any atom is -0.316 e. The van der Waals surface area contributed by atoms with Crippen LogP contribution >= 0.6 is 0 Å². The third-order valence-corrected chi connectivity index (χ3v) is 3.72. The molecule has 1 fully saturated rings. The SMILES string of the molecule is CN[C@@H](C)CN1C[C@H]2CC=CC[C@H]2C1. The van der Waals surface area contributed by atoms with Gasteiger partial charge in [0, 0.05) is 25.7 Å². The predicted octanol–water partition coefficient (Wildman–Crippen LogP) is 1.49. The lowest BCUT2D eigenvalue weighted by molar-refractivity contribution is 0.291. The molecular weight excluding hydrogens is 172 g/mol. The summed E-state index contributed by atoms with van der Waals surface area (Å²) in [5, 5.41) is 3.32. The minimum absolute atomic E-state index is 0.628. The highest BCUT2D eigenvalue weighted by atomic mass is 15.2. The van der Waals surface area contributed by atoms with Crippen molar-refractivity contribution in [1.82, 2.24) is 10.2 Å². The van der Waals surface area contributed by atoms with E-state index in [1.165, 1.54) is 32.5 Å². The second-order valence-corrected chi connectivity index (χ2v) is 4.87. The fraction of sp³-hybridized carbons (Fsp3) is 0.833. The zero-order valence-corrected chi connectivity index (χ0v) is 9.37. The molecule has 3 atom stereocenters. The summed E-state index contributed by atoms with van der Waals surface area (Å²) >= 11 is 0. The van der Waals surface area contributed by atoms with E-state index >= 15 is 0 Å². The van der Waals surface area contributed by atoms with Gasteiger partial charge in [0.1, 0.15) is 0 Å². The highest BCUT2D eigenvalue weighted by Crippen LogP contribution is 2.32. The number of likely N-dealkylation sites (tertiary alicyclic amines) is 1. The van der Waals surface area contributed by atoms with Crippen LogP contribution in [0.3, 0.4) is 0 Å². The number of rotatable bonds is 3. The molecule has 0 aromatic carbocycles. The first-order valence-electron chi connectivity index (χ1n) is 5.84. The summed E-state index contributed by atoms with van der Waals surface area (Å²) < 4.78 is 0. The summed E-state index contributed by atoms with van der Waals surface area (Å²) in [6, 6.07) is 0.628. The van der Waals surface area contributed by atoms with Crippen LogP contribution in [-0.4, -0.2) is 37.6 Å². The maximum atomic E-state index is 3.32. The zero-order chi connectivity index (χ0) is 9.97. The molecule has 2 nitrogen and oxygen atoms in total. The van der Waals surface area contributed by atoms with Crippen LogP contribution in [-0.2, 0) is 0 Å². The van der Waals surface area contributed by atoms with Crippen LogP contribution in [0.25, 0.3) is 0 Å². The van der Waals surface area contributed by atoms with Crippen molar-refractivity contribution in [2.45, 2.75) is 25.8 Å². The van der Waals surface area contributed by atoms with Gasteiger partial charge in [-0.3, -0.25) is 0 Å². The number of likely N-dealkylation sites (N-methyl/N-ethyl adjacent to an activating group) is 1. The Morgan fingerprint density at radius 2 is 1.86 bits per heavy atom. The van der Waals surface area contributed by atoms with Gasteiger partial charge in [-0.25, -0.2) is 0 Å². The molecule has 1 aliphatic carbocycles. The van der Waals surface area contributed by atoms with E-state index in [-0.39, 0.29) is 0 Å². The van der Waals surface area contributed by atoms with Crippen LogP contribution in [0.1, 0.15) is 19.8 Å². The number of nitrogens with zero attached hydrogens (tertiary/aromatic N) is 1. The topological polar surface area (TPSA) is 15.3 Å². The lowest BCUT2D eigenvalue weighted by atomic mass is 9.86. The summed E-state index contributed by atoms with van der Waals surface area (Å²) in [6.07, 6.45) is 7.36. The number of allylic oxidation sites excluding steroid dienone is 2. The third-order valence-electron chi connectivity index (χ3n) is 3.72. The van der Waals surface area contributed by atoms with Crippen LogP contribution in [0.5, 0.6) is 0 Å². The standard InChI is InChI=1S/C12H22N2/c1-10(13-2)7-14-8-11-5-3-4-6-12(11)9-14/h3-4,10-13H,5-9H2,1-2H3/t10-,11-,12+/m0/s1. The molecule has 1 aliphatic heterocycles. The van der Waals surface area contributed by atoms with Crippen LogP contribution in [0.2, 0.25) is 0 Å². The van der Waals surface area contributed by atoms with E-state index in [2.05, 4.69) is 36.3 Å². The molecule has 0 saturated carbocycles. The van der Waals surface area contributed by atoms with Gasteiger partial charge in [-0.1, -0.05) is 12.2 Å². The fourth-order valence-electron chi connectivity index (χ4n) is 2.74. The summed E-state index contributed by atoms with van der Waals surface area (Å²) in [5.74, 6) is 1.90. The average molecular weight is 194 g/mol. The van der Waals surface area contributed by atoms with Gasteiger partial charge in [-0.05, 0) is 38.6 Å². The van der Waals surface area contributed by atoms with Gasteiger partial charge in [0.15, 0.2) is 0 Å². The van der Waals surface area contributed by atoms with Crippen LogP contribution in [0.15, 0.2) is 12.2 Å². The van der Waals surface area contributed by atoms with Crippen molar-refractivity contribution in [3.63, 3.8) is 0 Å². The Labute approximate surface area is 87.4 Å². The van der Waals surface area contributed by atoms with Gasteiger partial charge in [0.2, 0.25) is 0 Å². The van der Waals surface area contributed by atoms with Gasteiger partial charge in [0.05, 0.1) is 0 Å². The van der Waals surface area contributed by atoms with E-state index in [0.717, 1.165) is 11.8 Å². The van der Waals surface area contributed by atoms with E-state index < -0.39 is 0 Å². The van der Waals surface area contributed by atoms with Gasteiger partial charge >= 0.3 is 0 Å². The Balaban J connectivity index is 1.83. The van der Waals surface area contributed by atoms with Crippen molar-refractivity contribution in [2.24, 2.45) is 11.8 Å². The van der Waals surface area contributed by atoms with Gasteiger partial charge in [0.25, 0.3) is 0 Å². The van der Waals surface area contributed by atoms with E-state index in [4.69, 9.17) is 0 Å². The molecule has 14 heavy (non-hydrogen) atoms. The zero-order valence-electron chi connectivity index (χ0n) is 9.37. The van der Waals surface area contributed by atoms with Gasteiger partial charge in [-0.2, -0.15) is 0 Å². The molecule has 0 unspecified atom stereocenters. The van der Waals surface area contributed by atoms with E-state index in [9.17, 15) is 0 Å². The van der Waals surface area contributed by atoms with Gasteiger partial charge < -0.3 is 10.2 Å². The quantitative estimate of drug-likeness (QED) is 0.685. The summed E-state index contributed by atoms with van der Waals surface area (Å²) in [4.78, 5) is 2.63. The minimum atomic E-state index is 0.628. The molecule has 2 heteroatoms. The summed E-state index contributed by atoms with van der Waals surface area (Å²) in [7, 11) is 2.05. The van der Waals surface area contributed by atoms with Crippen molar-refractivity contribution >= 4 is 0 Å². The normalized spacial score (nSPS) is 34.4. The molecule has 1 saturated heterocycles. The van der Waals surface area contributed by atoms with Crippen LogP contribution < -0.4 is 5.32 Å². The number of nitrogens with one attached hydrogen (secondary N) is 1. The molecule has 2 rings (SSSR count). The molecule has 1 N–H and O–H groups in total. The highest BCUT2D eigenvalue weighted by Gasteiger charge is 2.32. The number of hydrogen-bond donors (Lipinski definition) is 1. The lowest BCUT2D eigenvalue weighted by Crippen LogP contribution is -2.36. The molecule has 0 spiro atoms. The van der Waals surface area contributed by atoms with Gasteiger partial charge in [-0.15, -0.1) is 0 Å². The molecule has 0 radical (unpaired) electrons. The first-order chi connectivity index (χ1) is 6.79. The predicted molar refractivity (Wildman–Crippen MR) is 60.3 cm³/mol. The Bertz CT molecular complexity index is 196. The first kappa shape index (κ1) is 10.2. The number of hydrogen-bond acceptors (Lipinski definition) is 2. The van der Waals surface area contributed by atoms with E-state index in [0.29, 0.717) is 6.04 Å². The Hall–Kier alpha value is -0.340. The maximum absolute atomic E-state index is 3.32. The molecular formula is C12H22N2. The van der Waals surface area contributed by atoms with Crippen LogP contribution in [0, 0.1) is 11.8 Å². The molecule has 1 heterocycles. The first-order valence-corrected chi connectivity index (χ1v) is 5.84. The van der Waals surface area contributed by atoms with E-state index in [1.54, 1.807) is 0 Å². The Kier molecular flexibility index (Phi) is 3.24.